The summed E-state index contributed by atoms with van der Waals surface area (Å²) in [6, 6.07) is 5.76. The van der Waals surface area contributed by atoms with Crippen molar-refractivity contribution in [2.45, 2.75) is 58.5 Å². The number of carbonyl (C=O) groups is 3. The second-order valence-electron chi connectivity index (χ2n) is 10.8. The fourth-order valence-corrected chi connectivity index (χ4v) is 6.68. The third-order valence-corrected chi connectivity index (χ3v) is 8.85. The molecule has 0 bridgehead atoms. The molecule has 1 saturated heterocycles. The van der Waals surface area contributed by atoms with Crippen LogP contribution in [0.4, 0.5) is 0 Å². The van der Waals surface area contributed by atoms with Gasteiger partial charge in [-0.05, 0) is 63.8 Å². The van der Waals surface area contributed by atoms with Crippen molar-refractivity contribution in [1.29, 1.82) is 0 Å². The number of nitrogens with zero attached hydrogens (tertiary/aromatic N) is 4. The van der Waals surface area contributed by atoms with Crippen LogP contribution in [0.5, 0.6) is 0 Å². The predicted molar refractivity (Wildman–Crippen MR) is 150 cm³/mol. The Hall–Kier alpha value is -3.33. The molecule has 208 valence electrons. The summed E-state index contributed by atoms with van der Waals surface area (Å²) >= 11 is 6.33. The first-order valence-electron chi connectivity index (χ1n) is 13.9. The summed E-state index contributed by atoms with van der Waals surface area (Å²) in [7, 11) is 0. The Morgan fingerprint density at radius 3 is 2.79 bits per heavy atom. The lowest BCUT2D eigenvalue weighted by atomic mass is 9.67. The molecule has 0 unspecified atom stereocenters. The van der Waals surface area contributed by atoms with Gasteiger partial charge in [0.05, 0.1) is 17.8 Å². The Kier molecular flexibility index (Phi) is 7.71. The number of aromatic amines is 1. The second-order valence-corrected chi connectivity index (χ2v) is 11.2. The maximum Gasteiger partial charge on any atom is 0.228 e. The van der Waals surface area contributed by atoms with Crippen LogP contribution in [-0.2, 0) is 32.9 Å². The average Bonchev–Trinajstić information content (AvgIpc) is 3.57. The Balaban J connectivity index is 1.41. The molecular weight excluding hydrogens is 516 g/mol. The highest BCUT2D eigenvalue weighted by Gasteiger charge is 2.57. The minimum absolute atomic E-state index is 0.0234. The summed E-state index contributed by atoms with van der Waals surface area (Å²) in [5.74, 6) is -1.21. The number of piperidine rings is 1. The molecule has 0 spiro atoms. The Bertz CT molecular complexity index is 1360. The van der Waals surface area contributed by atoms with Gasteiger partial charge in [0.25, 0.3) is 0 Å². The van der Waals surface area contributed by atoms with E-state index < -0.39 is 17.4 Å². The molecule has 0 aliphatic carbocycles. The molecule has 0 radical (unpaired) electrons. The summed E-state index contributed by atoms with van der Waals surface area (Å²) in [6.45, 7) is 8.91. The van der Waals surface area contributed by atoms with Gasteiger partial charge in [0, 0.05) is 79.1 Å². The van der Waals surface area contributed by atoms with Crippen LogP contribution < -0.4 is 5.32 Å². The minimum Gasteiger partial charge on any atom is -0.356 e. The molecule has 3 amide bonds. The van der Waals surface area contributed by atoms with E-state index in [9.17, 15) is 14.4 Å². The number of amides is 3. The maximum absolute atomic E-state index is 14.0. The van der Waals surface area contributed by atoms with E-state index in [1.807, 2.05) is 59.5 Å². The van der Waals surface area contributed by atoms with E-state index in [1.165, 1.54) is 0 Å². The molecule has 3 aromatic rings. The molecule has 1 aromatic carbocycles. The highest BCUT2D eigenvalue weighted by molar-refractivity contribution is 6.31. The van der Waals surface area contributed by atoms with Crippen LogP contribution in [0, 0.1) is 11.8 Å². The Morgan fingerprint density at radius 1 is 1.28 bits per heavy atom. The van der Waals surface area contributed by atoms with Gasteiger partial charge in [-0.15, -0.1) is 0 Å². The third-order valence-electron chi connectivity index (χ3n) is 8.61. The first-order chi connectivity index (χ1) is 18.8. The molecule has 4 heterocycles. The van der Waals surface area contributed by atoms with Crippen molar-refractivity contribution in [3.63, 3.8) is 0 Å². The standard InChI is InChI=1S/C29H37ClN6O3/c1-4-35(5-2)28(39)23-15-19(16-25(37)32-10-6-12-34-14-11-31-18-34)27(38)36-13-9-21-22-17-20(30)7-8-24(22)33-26(21)29(23,36)3/h7-8,11,14,17-19,23,33H,4-6,9-10,12-13,15-16H2,1-3H3,(H,32,37)/t19-,23-,29+/m1/s1. The zero-order valence-electron chi connectivity index (χ0n) is 22.9. The van der Waals surface area contributed by atoms with E-state index in [4.69, 9.17) is 11.6 Å². The highest BCUT2D eigenvalue weighted by Crippen LogP contribution is 2.50. The Morgan fingerprint density at radius 2 is 2.08 bits per heavy atom. The number of carbonyl (C=O) groups excluding carboxylic acids is 3. The van der Waals surface area contributed by atoms with Gasteiger partial charge in [-0.25, -0.2) is 4.98 Å². The lowest BCUT2D eigenvalue weighted by molar-refractivity contribution is -0.164. The van der Waals surface area contributed by atoms with Crippen LogP contribution >= 0.6 is 11.6 Å². The lowest BCUT2D eigenvalue weighted by Crippen LogP contribution is -2.64. The van der Waals surface area contributed by atoms with Crippen LogP contribution in [0.2, 0.25) is 5.02 Å². The summed E-state index contributed by atoms with van der Waals surface area (Å²) in [6.07, 6.45) is 7.20. The van der Waals surface area contributed by atoms with Crippen molar-refractivity contribution in [2.24, 2.45) is 11.8 Å². The molecule has 2 N–H and O–H groups in total. The molecule has 2 aliphatic rings. The largest absolute Gasteiger partial charge is 0.356 e. The second kappa shape index (κ2) is 11.0. The number of imidazole rings is 1. The van der Waals surface area contributed by atoms with Crippen molar-refractivity contribution in [2.75, 3.05) is 26.2 Å². The van der Waals surface area contributed by atoms with Crippen LogP contribution in [-0.4, -0.2) is 68.2 Å². The van der Waals surface area contributed by atoms with Gasteiger partial charge in [0.2, 0.25) is 17.7 Å². The summed E-state index contributed by atoms with van der Waals surface area (Å²) in [5.41, 5.74) is 2.14. The summed E-state index contributed by atoms with van der Waals surface area (Å²) < 4.78 is 1.96. The zero-order valence-corrected chi connectivity index (χ0v) is 23.6. The number of benzene rings is 1. The van der Waals surface area contributed by atoms with E-state index in [2.05, 4.69) is 15.3 Å². The van der Waals surface area contributed by atoms with E-state index in [0.717, 1.165) is 35.1 Å². The zero-order chi connectivity index (χ0) is 27.7. The first kappa shape index (κ1) is 27.2. The molecule has 10 heteroatoms. The molecule has 0 saturated carbocycles. The summed E-state index contributed by atoms with van der Waals surface area (Å²) in [5, 5.41) is 4.66. The maximum atomic E-state index is 14.0. The van der Waals surface area contributed by atoms with E-state index in [0.29, 0.717) is 44.0 Å². The number of nitrogens with one attached hydrogen (secondary N) is 2. The fourth-order valence-electron chi connectivity index (χ4n) is 6.51. The number of H-pyrrole nitrogens is 1. The number of fused-ring (bicyclic) bond motifs is 5. The number of halogens is 1. The number of hydrogen-bond donors (Lipinski definition) is 2. The van der Waals surface area contributed by atoms with E-state index >= 15 is 0 Å². The van der Waals surface area contributed by atoms with Crippen LogP contribution in [0.3, 0.4) is 0 Å². The van der Waals surface area contributed by atoms with Crippen molar-refractivity contribution >= 4 is 40.2 Å². The normalized spacial score (nSPS) is 22.5. The molecule has 2 aliphatic heterocycles. The van der Waals surface area contributed by atoms with Crippen LogP contribution in [0.15, 0.2) is 36.9 Å². The van der Waals surface area contributed by atoms with Crippen LogP contribution in [0.1, 0.15) is 51.3 Å². The molecule has 5 rings (SSSR count). The van der Waals surface area contributed by atoms with Gasteiger partial charge in [0.15, 0.2) is 0 Å². The SMILES string of the molecule is CCN(CC)C(=O)[C@H]1C[C@H](CC(=O)NCCCn2ccnc2)C(=O)N2CCc3c([nH]c4ccc(Cl)cc34)[C@]12C. The van der Waals surface area contributed by atoms with Crippen molar-refractivity contribution in [3.05, 3.63) is 53.2 Å². The number of aromatic nitrogens is 3. The quantitative estimate of drug-likeness (QED) is 0.395. The number of hydrogen-bond acceptors (Lipinski definition) is 4. The predicted octanol–water partition coefficient (Wildman–Crippen LogP) is 3.72. The van der Waals surface area contributed by atoms with Gasteiger partial charge >= 0.3 is 0 Å². The van der Waals surface area contributed by atoms with E-state index in [-0.39, 0.29) is 24.1 Å². The Labute approximate surface area is 233 Å². The van der Waals surface area contributed by atoms with E-state index in [1.54, 1.807) is 12.5 Å². The van der Waals surface area contributed by atoms with Crippen LogP contribution in [0.25, 0.3) is 10.9 Å². The van der Waals surface area contributed by atoms with Gasteiger partial charge in [-0.1, -0.05) is 11.6 Å². The minimum atomic E-state index is -0.840. The number of rotatable bonds is 9. The fraction of sp³-hybridized carbons (Fsp3) is 0.517. The topological polar surface area (TPSA) is 103 Å². The van der Waals surface area contributed by atoms with Crippen molar-refractivity contribution < 1.29 is 14.4 Å². The van der Waals surface area contributed by atoms with Crippen molar-refractivity contribution in [3.8, 4) is 0 Å². The monoisotopic (exact) mass is 552 g/mol. The molecule has 39 heavy (non-hydrogen) atoms. The van der Waals surface area contributed by atoms with Gasteiger partial charge in [0.1, 0.15) is 0 Å². The highest BCUT2D eigenvalue weighted by atomic mass is 35.5. The third kappa shape index (κ3) is 4.93. The van der Waals surface area contributed by atoms with Gasteiger partial charge in [-0.2, -0.15) is 0 Å². The number of aryl methyl sites for hydroxylation is 1. The first-order valence-corrected chi connectivity index (χ1v) is 14.3. The summed E-state index contributed by atoms with van der Waals surface area (Å²) in [4.78, 5) is 52.1. The molecule has 9 nitrogen and oxygen atoms in total. The lowest BCUT2D eigenvalue weighted by Gasteiger charge is -2.54. The molecule has 1 fully saturated rings. The van der Waals surface area contributed by atoms with Gasteiger partial charge < -0.3 is 24.7 Å². The van der Waals surface area contributed by atoms with Crippen molar-refractivity contribution in [1.82, 2.24) is 29.7 Å². The molecule has 2 aromatic heterocycles. The average molecular weight is 553 g/mol. The molecular formula is C29H37ClN6O3. The molecule has 3 atom stereocenters. The van der Waals surface area contributed by atoms with Gasteiger partial charge in [-0.3, -0.25) is 14.4 Å². The smallest absolute Gasteiger partial charge is 0.228 e.